The molecule has 0 aromatic heterocycles. The highest BCUT2D eigenvalue weighted by molar-refractivity contribution is 6.30. The second-order valence-electron chi connectivity index (χ2n) is 3.05. The van der Waals surface area contributed by atoms with E-state index < -0.39 is 0 Å². The van der Waals surface area contributed by atoms with Crippen molar-refractivity contribution in [3.63, 3.8) is 0 Å². The summed E-state index contributed by atoms with van der Waals surface area (Å²) in [4.78, 5) is 0. The summed E-state index contributed by atoms with van der Waals surface area (Å²) in [6, 6.07) is 7.99. The predicted octanol–water partition coefficient (Wildman–Crippen LogP) is 2.88. The van der Waals surface area contributed by atoms with E-state index in [0.29, 0.717) is 0 Å². The largest absolute Gasteiger partial charge is 0.309 e. The van der Waals surface area contributed by atoms with Gasteiger partial charge in [0.25, 0.3) is 0 Å². The molecule has 1 heterocycles. The topological polar surface area (TPSA) is 12.0 Å². The molecule has 13 heavy (non-hydrogen) atoms. The van der Waals surface area contributed by atoms with E-state index in [4.69, 9.17) is 11.6 Å². The fourth-order valence-corrected chi connectivity index (χ4v) is 1.56. The molecule has 1 aliphatic heterocycles. The third kappa shape index (κ3) is 2.11. The zero-order valence-corrected chi connectivity index (χ0v) is 8.01. The van der Waals surface area contributed by atoms with Crippen molar-refractivity contribution in [3.05, 3.63) is 47.5 Å². The average molecular weight is 193 g/mol. The van der Waals surface area contributed by atoms with Gasteiger partial charge in [-0.25, -0.2) is 0 Å². The number of hydrogen-bond donors (Lipinski definition) is 1. The summed E-state index contributed by atoms with van der Waals surface area (Å²) < 4.78 is 0. The molecule has 0 saturated carbocycles. The molecule has 0 unspecified atom stereocenters. The molecular formula is C11H11ClN. The van der Waals surface area contributed by atoms with Crippen LogP contribution in [0.3, 0.4) is 0 Å². The van der Waals surface area contributed by atoms with Gasteiger partial charge in [0, 0.05) is 18.1 Å². The Morgan fingerprint density at radius 1 is 1.15 bits per heavy atom. The van der Waals surface area contributed by atoms with E-state index >= 15 is 0 Å². The van der Waals surface area contributed by atoms with Crippen molar-refractivity contribution < 1.29 is 0 Å². The molecule has 0 aliphatic carbocycles. The van der Waals surface area contributed by atoms with Crippen LogP contribution in [0.4, 0.5) is 0 Å². The first-order valence-corrected chi connectivity index (χ1v) is 4.74. The van der Waals surface area contributed by atoms with Gasteiger partial charge in [-0.05, 0) is 29.7 Å². The fraction of sp³-hybridized carbons (Fsp3) is 0.182. The van der Waals surface area contributed by atoms with Crippen molar-refractivity contribution in [2.45, 2.75) is 6.42 Å². The highest BCUT2D eigenvalue weighted by Crippen LogP contribution is 2.22. The second-order valence-corrected chi connectivity index (χ2v) is 3.49. The van der Waals surface area contributed by atoms with Crippen LogP contribution in [0.2, 0.25) is 5.02 Å². The Labute approximate surface area is 83.4 Å². The summed E-state index contributed by atoms with van der Waals surface area (Å²) in [5.74, 6) is 0. The first-order valence-electron chi connectivity index (χ1n) is 4.36. The third-order valence-corrected chi connectivity index (χ3v) is 2.40. The van der Waals surface area contributed by atoms with E-state index in [1.807, 2.05) is 12.1 Å². The third-order valence-electron chi connectivity index (χ3n) is 2.15. The first kappa shape index (κ1) is 8.79. The van der Waals surface area contributed by atoms with E-state index in [-0.39, 0.29) is 0 Å². The number of halogens is 1. The summed E-state index contributed by atoms with van der Waals surface area (Å²) in [5.41, 5.74) is 2.64. The summed E-state index contributed by atoms with van der Waals surface area (Å²) in [5, 5.41) is 3.96. The van der Waals surface area contributed by atoms with Gasteiger partial charge in [-0.1, -0.05) is 29.8 Å². The van der Waals surface area contributed by atoms with E-state index in [1.54, 1.807) is 0 Å². The Kier molecular flexibility index (Phi) is 2.67. The van der Waals surface area contributed by atoms with Gasteiger partial charge in [-0.2, -0.15) is 0 Å². The summed E-state index contributed by atoms with van der Waals surface area (Å²) in [7, 11) is 0. The normalized spacial score (nSPS) is 16.8. The van der Waals surface area contributed by atoms with Crippen molar-refractivity contribution in [1.29, 1.82) is 0 Å². The van der Waals surface area contributed by atoms with Gasteiger partial charge in [0.2, 0.25) is 0 Å². The van der Waals surface area contributed by atoms with Crippen LogP contribution in [0.1, 0.15) is 12.0 Å². The lowest BCUT2D eigenvalue weighted by atomic mass is 10.0. The molecule has 0 saturated heterocycles. The molecular weight excluding hydrogens is 182 g/mol. The maximum Gasteiger partial charge on any atom is 0.0406 e. The van der Waals surface area contributed by atoms with Crippen LogP contribution in [0, 0.1) is 6.54 Å². The Bertz CT molecular complexity index is 313. The molecule has 1 aliphatic rings. The maximum absolute atomic E-state index is 5.81. The van der Waals surface area contributed by atoms with Crippen molar-refractivity contribution >= 4 is 17.2 Å². The monoisotopic (exact) mass is 192 g/mol. The maximum atomic E-state index is 5.81. The molecule has 1 aromatic rings. The van der Waals surface area contributed by atoms with Crippen molar-refractivity contribution in [2.24, 2.45) is 0 Å². The molecule has 0 amide bonds. The van der Waals surface area contributed by atoms with E-state index in [1.165, 1.54) is 11.1 Å². The molecule has 1 nitrogen and oxygen atoms in total. The van der Waals surface area contributed by atoms with Crippen LogP contribution in [-0.4, -0.2) is 6.54 Å². The van der Waals surface area contributed by atoms with Crippen molar-refractivity contribution in [3.8, 4) is 0 Å². The molecule has 2 rings (SSSR count). The average Bonchev–Trinajstić information content (AvgIpc) is 2.20. The van der Waals surface area contributed by atoms with Crippen LogP contribution in [0.15, 0.2) is 30.3 Å². The molecule has 0 atom stereocenters. The van der Waals surface area contributed by atoms with Crippen LogP contribution in [-0.2, 0) is 0 Å². The van der Waals surface area contributed by atoms with E-state index in [9.17, 15) is 0 Å². The SMILES string of the molecule is Clc1ccc(C2=CCN[CH]C2)cc1. The van der Waals surface area contributed by atoms with Crippen molar-refractivity contribution in [2.75, 3.05) is 6.54 Å². The van der Waals surface area contributed by atoms with Crippen molar-refractivity contribution in [1.82, 2.24) is 5.32 Å². The molecule has 1 aromatic carbocycles. The van der Waals surface area contributed by atoms with Gasteiger partial charge >= 0.3 is 0 Å². The number of hydrogen-bond acceptors (Lipinski definition) is 1. The van der Waals surface area contributed by atoms with Gasteiger partial charge in [-0.3, -0.25) is 0 Å². The smallest absolute Gasteiger partial charge is 0.0406 e. The quantitative estimate of drug-likeness (QED) is 0.722. The van der Waals surface area contributed by atoms with Gasteiger partial charge in [-0.15, -0.1) is 0 Å². The van der Waals surface area contributed by atoms with E-state index in [0.717, 1.165) is 18.0 Å². The molecule has 67 valence electrons. The molecule has 1 N–H and O–H groups in total. The molecule has 1 radical (unpaired) electrons. The number of benzene rings is 1. The minimum Gasteiger partial charge on any atom is -0.309 e. The van der Waals surface area contributed by atoms with Gasteiger partial charge in [0.15, 0.2) is 0 Å². The molecule has 2 heteroatoms. The van der Waals surface area contributed by atoms with Crippen LogP contribution >= 0.6 is 11.6 Å². The zero-order valence-electron chi connectivity index (χ0n) is 7.26. The minimum atomic E-state index is 0.794. The van der Waals surface area contributed by atoms with E-state index in [2.05, 4.69) is 30.1 Å². The summed E-state index contributed by atoms with van der Waals surface area (Å²) >= 11 is 5.81. The van der Waals surface area contributed by atoms with Crippen LogP contribution in [0.25, 0.3) is 5.57 Å². The fourth-order valence-electron chi connectivity index (χ4n) is 1.43. The lowest BCUT2D eigenvalue weighted by molar-refractivity contribution is 0.839. The highest BCUT2D eigenvalue weighted by Gasteiger charge is 2.04. The molecule has 0 bridgehead atoms. The Morgan fingerprint density at radius 3 is 2.54 bits per heavy atom. The Morgan fingerprint density at radius 2 is 1.92 bits per heavy atom. The Hall–Kier alpha value is -0.790. The minimum absolute atomic E-state index is 0.794. The lowest BCUT2D eigenvalue weighted by Crippen LogP contribution is -2.14. The number of rotatable bonds is 1. The zero-order chi connectivity index (χ0) is 9.10. The predicted molar refractivity (Wildman–Crippen MR) is 56.3 cm³/mol. The Balaban J connectivity index is 2.24. The van der Waals surface area contributed by atoms with Gasteiger partial charge < -0.3 is 5.32 Å². The highest BCUT2D eigenvalue weighted by atomic mass is 35.5. The summed E-state index contributed by atoms with van der Waals surface area (Å²) in [6.45, 7) is 3.02. The van der Waals surface area contributed by atoms with Crippen LogP contribution in [0.5, 0.6) is 0 Å². The number of nitrogens with one attached hydrogen (secondary N) is 1. The first-order chi connectivity index (χ1) is 6.36. The molecule has 0 fully saturated rings. The lowest BCUT2D eigenvalue weighted by Gasteiger charge is -2.13. The van der Waals surface area contributed by atoms with Gasteiger partial charge in [0.1, 0.15) is 0 Å². The second kappa shape index (κ2) is 3.95. The van der Waals surface area contributed by atoms with Crippen LogP contribution < -0.4 is 5.32 Å². The standard InChI is InChI=1S/C11H11ClN/c12-11-3-1-9(2-4-11)10-5-7-13-8-6-10/h1-5,8,13H,6-7H2. The van der Waals surface area contributed by atoms with Gasteiger partial charge in [0.05, 0.1) is 0 Å². The molecule has 0 spiro atoms. The summed E-state index contributed by atoms with van der Waals surface area (Å²) in [6.07, 6.45) is 3.20.